The van der Waals surface area contributed by atoms with Gasteiger partial charge < -0.3 is 4.74 Å². The van der Waals surface area contributed by atoms with E-state index in [9.17, 15) is 21.6 Å². The van der Waals surface area contributed by atoms with Crippen molar-refractivity contribution < 1.29 is 26.3 Å². The van der Waals surface area contributed by atoms with Gasteiger partial charge in [0.05, 0.1) is 24.8 Å². The van der Waals surface area contributed by atoms with Crippen LogP contribution in [0.2, 0.25) is 0 Å². The summed E-state index contributed by atoms with van der Waals surface area (Å²) in [6.07, 6.45) is -5.55. The van der Waals surface area contributed by atoms with E-state index in [1.165, 1.54) is 0 Å². The van der Waals surface area contributed by atoms with Crippen LogP contribution in [0.3, 0.4) is 0 Å². The zero-order valence-electron chi connectivity index (χ0n) is 8.90. The molecule has 0 N–H and O–H groups in total. The van der Waals surface area contributed by atoms with Crippen molar-refractivity contribution in [2.24, 2.45) is 5.92 Å². The van der Waals surface area contributed by atoms with E-state index in [0.717, 1.165) is 0 Å². The lowest BCUT2D eigenvalue weighted by Crippen LogP contribution is -2.32. The summed E-state index contributed by atoms with van der Waals surface area (Å²) >= 11 is 0. The molecule has 1 fully saturated rings. The molecule has 8 heteroatoms. The predicted molar refractivity (Wildman–Crippen MR) is 52.8 cm³/mol. The average molecular weight is 271 g/mol. The van der Waals surface area contributed by atoms with E-state index < -0.39 is 39.4 Å². The van der Waals surface area contributed by atoms with Gasteiger partial charge in [0.2, 0.25) is 0 Å². The molecule has 1 heterocycles. The third-order valence-corrected chi connectivity index (χ3v) is 4.61. The van der Waals surface area contributed by atoms with Gasteiger partial charge >= 0.3 is 6.18 Å². The van der Waals surface area contributed by atoms with Gasteiger partial charge in [-0.05, 0) is 6.42 Å². The van der Waals surface area contributed by atoms with Crippen molar-refractivity contribution in [2.45, 2.75) is 24.3 Å². The first-order valence-electron chi connectivity index (χ1n) is 5.02. The molecule has 0 aliphatic carbocycles. The molecule has 4 nitrogen and oxygen atoms in total. The lowest BCUT2D eigenvalue weighted by molar-refractivity contribution is -0.129. The number of ether oxygens (including phenoxy) is 1. The van der Waals surface area contributed by atoms with Gasteiger partial charge in [0.25, 0.3) is 0 Å². The number of nitriles is 1. The summed E-state index contributed by atoms with van der Waals surface area (Å²) in [5.74, 6) is -1.55. The van der Waals surface area contributed by atoms with Crippen molar-refractivity contribution in [3.63, 3.8) is 0 Å². The highest BCUT2D eigenvalue weighted by molar-refractivity contribution is 7.92. The SMILES string of the molecule is N#CC(C1CCOC1)S(=O)(=O)CCC(F)(F)F. The first kappa shape index (κ1) is 14.3. The van der Waals surface area contributed by atoms with Crippen LogP contribution in [0.25, 0.3) is 0 Å². The molecule has 0 aromatic heterocycles. The Bertz CT molecular complexity index is 393. The Morgan fingerprint density at radius 3 is 2.53 bits per heavy atom. The standard InChI is InChI=1S/C9H12F3NO3S/c10-9(11,12)2-4-17(14,15)8(5-13)7-1-3-16-6-7/h7-8H,1-4,6H2. The predicted octanol–water partition coefficient (Wildman–Crippen LogP) is 1.28. The number of alkyl halides is 3. The van der Waals surface area contributed by atoms with Gasteiger partial charge in [-0.1, -0.05) is 0 Å². The lowest BCUT2D eigenvalue weighted by atomic mass is 10.1. The van der Waals surface area contributed by atoms with Gasteiger partial charge in [-0.3, -0.25) is 0 Å². The van der Waals surface area contributed by atoms with Gasteiger partial charge in [-0.15, -0.1) is 0 Å². The first-order chi connectivity index (χ1) is 7.76. The zero-order valence-corrected chi connectivity index (χ0v) is 9.72. The Morgan fingerprint density at radius 2 is 2.12 bits per heavy atom. The van der Waals surface area contributed by atoms with E-state index in [-0.39, 0.29) is 6.61 Å². The summed E-state index contributed by atoms with van der Waals surface area (Å²) in [6.45, 7) is 0.459. The van der Waals surface area contributed by atoms with Crippen LogP contribution < -0.4 is 0 Å². The largest absolute Gasteiger partial charge is 0.390 e. The Morgan fingerprint density at radius 1 is 1.47 bits per heavy atom. The van der Waals surface area contributed by atoms with Crippen LogP contribution in [0.1, 0.15) is 12.8 Å². The summed E-state index contributed by atoms with van der Waals surface area (Å²) in [4.78, 5) is 0. The Kier molecular flexibility index (Phi) is 4.38. The number of sulfone groups is 1. The maximum absolute atomic E-state index is 12.0. The van der Waals surface area contributed by atoms with Crippen molar-refractivity contribution in [1.29, 1.82) is 5.26 Å². The minimum Gasteiger partial charge on any atom is -0.381 e. The van der Waals surface area contributed by atoms with Crippen LogP contribution in [0, 0.1) is 17.2 Å². The molecule has 0 aromatic rings. The van der Waals surface area contributed by atoms with Crippen molar-refractivity contribution in [1.82, 2.24) is 0 Å². The second-order valence-electron chi connectivity index (χ2n) is 3.91. The molecule has 0 amide bonds. The van der Waals surface area contributed by atoms with Crippen LogP contribution >= 0.6 is 0 Å². The molecule has 17 heavy (non-hydrogen) atoms. The molecular weight excluding hydrogens is 259 g/mol. The van der Waals surface area contributed by atoms with E-state index >= 15 is 0 Å². The Hall–Kier alpha value is -0.810. The van der Waals surface area contributed by atoms with Crippen molar-refractivity contribution in [3.05, 3.63) is 0 Å². The summed E-state index contributed by atoms with van der Waals surface area (Å²) in [5, 5.41) is 7.39. The van der Waals surface area contributed by atoms with Gasteiger partial charge in [0.15, 0.2) is 15.1 Å². The molecule has 1 aliphatic heterocycles. The summed E-state index contributed by atoms with van der Waals surface area (Å²) in [6, 6.07) is 1.59. The number of halogens is 3. The fourth-order valence-corrected chi connectivity index (χ4v) is 3.39. The lowest BCUT2D eigenvalue weighted by Gasteiger charge is -2.16. The van der Waals surface area contributed by atoms with Crippen LogP contribution in [0.4, 0.5) is 13.2 Å². The van der Waals surface area contributed by atoms with Crippen molar-refractivity contribution in [2.75, 3.05) is 19.0 Å². The Balaban J connectivity index is 2.70. The normalized spacial score (nSPS) is 23.3. The molecule has 0 aromatic carbocycles. The van der Waals surface area contributed by atoms with E-state index in [1.54, 1.807) is 6.07 Å². The molecule has 2 unspecified atom stereocenters. The van der Waals surface area contributed by atoms with Gasteiger partial charge in [-0.25, -0.2) is 8.42 Å². The maximum atomic E-state index is 12.0. The third-order valence-electron chi connectivity index (χ3n) is 2.58. The zero-order chi connectivity index (χ0) is 13.1. The number of hydrogen-bond donors (Lipinski definition) is 0. The molecule has 0 bridgehead atoms. The smallest absolute Gasteiger partial charge is 0.381 e. The highest BCUT2D eigenvalue weighted by Crippen LogP contribution is 2.26. The molecular formula is C9H12F3NO3S. The fourth-order valence-electron chi connectivity index (χ4n) is 1.66. The second-order valence-corrected chi connectivity index (χ2v) is 6.15. The van der Waals surface area contributed by atoms with E-state index in [1.807, 2.05) is 0 Å². The molecule has 0 radical (unpaired) electrons. The van der Waals surface area contributed by atoms with Crippen molar-refractivity contribution >= 4 is 9.84 Å². The quantitative estimate of drug-likeness (QED) is 0.772. The molecule has 2 atom stereocenters. The molecule has 1 saturated heterocycles. The van der Waals surface area contributed by atoms with Gasteiger partial charge in [0.1, 0.15) is 0 Å². The van der Waals surface area contributed by atoms with Crippen LogP contribution in [-0.4, -0.2) is 38.8 Å². The summed E-state index contributed by atoms with van der Waals surface area (Å²) in [7, 11) is -4.05. The minimum absolute atomic E-state index is 0.115. The summed E-state index contributed by atoms with van der Waals surface area (Å²) < 4.78 is 64.1. The molecule has 1 rings (SSSR count). The highest BCUT2D eigenvalue weighted by Gasteiger charge is 2.38. The maximum Gasteiger partial charge on any atom is 0.390 e. The van der Waals surface area contributed by atoms with Crippen LogP contribution in [-0.2, 0) is 14.6 Å². The molecule has 98 valence electrons. The average Bonchev–Trinajstić information content (AvgIpc) is 2.68. The van der Waals surface area contributed by atoms with E-state index in [2.05, 4.69) is 0 Å². The fraction of sp³-hybridized carbons (Fsp3) is 0.889. The van der Waals surface area contributed by atoms with Crippen molar-refractivity contribution in [3.8, 4) is 6.07 Å². The highest BCUT2D eigenvalue weighted by atomic mass is 32.2. The Labute approximate surface area is 97.3 Å². The summed E-state index contributed by atoms with van der Waals surface area (Å²) in [5.41, 5.74) is 0. The van der Waals surface area contributed by atoms with Crippen LogP contribution in [0.15, 0.2) is 0 Å². The van der Waals surface area contributed by atoms with Gasteiger partial charge in [-0.2, -0.15) is 18.4 Å². The second kappa shape index (κ2) is 5.23. The molecule has 0 spiro atoms. The van der Waals surface area contributed by atoms with Gasteiger partial charge in [0, 0.05) is 12.5 Å². The van der Waals surface area contributed by atoms with E-state index in [4.69, 9.17) is 10.00 Å². The number of nitrogens with zero attached hydrogens (tertiary/aromatic N) is 1. The minimum atomic E-state index is -4.53. The molecule has 1 aliphatic rings. The van der Waals surface area contributed by atoms with Crippen LogP contribution in [0.5, 0.6) is 0 Å². The number of rotatable bonds is 4. The third kappa shape index (κ3) is 4.16. The number of hydrogen-bond acceptors (Lipinski definition) is 4. The topological polar surface area (TPSA) is 67.2 Å². The first-order valence-corrected chi connectivity index (χ1v) is 6.73. The van der Waals surface area contributed by atoms with E-state index in [0.29, 0.717) is 13.0 Å². The molecule has 0 saturated carbocycles. The monoisotopic (exact) mass is 271 g/mol.